The van der Waals surface area contributed by atoms with E-state index in [0.717, 1.165) is 25.0 Å². The molecule has 0 bridgehead atoms. The molecule has 2 atom stereocenters. The molecule has 2 heteroatoms. The van der Waals surface area contributed by atoms with Crippen LogP contribution in [-0.2, 0) is 0 Å². The molecule has 1 heterocycles. The highest BCUT2D eigenvalue weighted by molar-refractivity contribution is 4.80. The fourth-order valence-electron chi connectivity index (χ4n) is 1.39. The maximum absolute atomic E-state index is 5.51. The Hall–Kier alpha value is -0.0800. The average molecular weight is 128 g/mol. The Bertz CT molecular complexity index is 73.0. The van der Waals surface area contributed by atoms with Gasteiger partial charge in [0.2, 0.25) is 0 Å². The molecule has 0 aromatic rings. The summed E-state index contributed by atoms with van der Waals surface area (Å²) in [5, 5.41) is 3.43. The van der Waals surface area contributed by atoms with Gasteiger partial charge in [-0.3, -0.25) is 0 Å². The van der Waals surface area contributed by atoms with Gasteiger partial charge in [-0.25, -0.2) is 0 Å². The maximum Gasteiger partial charge on any atom is 0.00681 e. The van der Waals surface area contributed by atoms with Gasteiger partial charge in [-0.15, -0.1) is 0 Å². The molecule has 1 aliphatic rings. The van der Waals surface area contributed by atoms with Gasteiger partial charge < -0.3 is 11.1 Å². The van der Waals surface area contributed by atoms with Crippen LogP contribution in [0.5, 0.6) is 0 Å². The zero-order valence-electron chi connectivity index (χ0n) is 6.06. The van der Waals surface area contributed by atoms with Crippen LogP contribution in [0, 0.1) is 5.92 Å². The first-order valence-corrected chi connectivity index (χ1v) is 3.80. The minimum atomic E-state index is 0.745. The molecule has 2 nitrogen and oxygen atoms in total. The Morgan fingerprint density at radius 1 is 1.67 bits per heavy atom. The lowest BCUT2D eigenvalue weighted by Gasteiger charge is -2.04. The number of rotatable bonds is 2. The summed E-state index contributed by atoms with van der Waals surface area (Å²) >= 11 is 0. The summed E-state index contributed by atoms with van der Waals surface area (Å²) in [6.07, 6.45) is 2.53. The van der Waals surface area contributed by atoms with Crippen molar-refractivity contribution in [1.82, 2.24) is 5.32 Å². The summed E-state index contributed by atoms with van der Waals surface area (Å²) in [5.41, 5.74) is 5.51. The molecule has 1 saturated heterocycles. The van der Waals surface area contributed by atoms with E-state index in [1.807, 2.05) is 0 Å². The van der Waals surface area contributed by atoms with Crippen LogP contribution in [0.4, 0.5) is 0 Å². The van der Waals surface area contributed by atoms with Crippen molar-refractivity contribution in [3.8, 4) is 0 Å². The summed E-state index contributed by atoms with van der Waals surface area (Å²) in [5.74, 6) is 0.745. The Labute approximate surface area is 56.8 Å². The first-order valence-electron chi connectivity index (χ1n) is 3.80. The summed E-state index contributed by atoms with van der Waals surface area (Å²) in [4.78, 5) is 0. The second-order valence-corrected chi connectivity index (χ2v) is 2.85. The first kappa shape index (κ1) is 7.03. The van der Waals surface area contributed by atoms with E-state index < -0.39 is 0 Å². The SMILES string of the molecule is CC[C@@H]1C[C@H](CN)CN1. The molecule has 0 spiro atoms. The van der Waals surface area contributed by atoms with Crippen LogP contribution >= 0.6 is 0 Å². The van der Waals surface area contributed by atoms with Gasteiger partial charge in [-0.2, -0.15) is 0 Å². The van der Waals surface area contributed by atoms with Crippen molar-refractivity contribution in [2.75, 3.05) is 13.1 Å². The molecule has 0 aliphatic carbocycles. The number of hydrogen-bond donors (Lipinski definition) is 2. The topological polar surface area (TPSA) is 38.0 Å². The van der Waals surface area contributed by atoms with Crippen molar-refractivity contribution in [2.24, 2.45) is 11.7 Å². The zero-order chi connectivity index (χ0) is 6.69. The van der Waals surface area contributed by atoms with E-state index in [9.17, 15) is 0 Å². The quantitative estimate of drug-likeness (QED) is 0.562. The molecule has 0 unspecified atom stereocenters. The highest BCUT2D eigenvalue weighted by Gasteiger charge is 2.20. The normalized spacial score (nSPS) is 35.3. The number of nitrogens with two attached hydrogens (primary N) is 1. The van der Waals surface area contributed by atoms with Crippen LogP contribution in [0.2, 0.25) is 0 Å². The maximum atomic E-state index is 5.51. The fourth-order valence-corrected chi connectivity index (χ4v) is 1.39. The van der Waals surface area contributed by atoms with E-state index in [4.69, 9.17) is 5.73 Å². The van der Waals surface area contributed by atoms with Crippen molar-refractivity contribution < 1.29 is 0 Å². The summed E-state index contributed by atoms with van der Waals surface area (Å²) in [6.45, 7) is 4.20. The summed E-state index contributed by atoms with van der Waals surface area (Å²) < 4.78 is 0. The monoisotopic (exact) mass is 128 g/mol. The third-order valence-electron chi connectivity index (χ3n) is 2.14. The predicted molar refractivity (Wildman–Crippen MR) is 39.2 cm³/mol. The van der Waals surface area contributed by atoms with Gasteiger partial charge in [0.1, 0.15) is 0 Å². The summed E-state index contributed by atoms with van der Waals surface area (Å²) in [6, 6.07) is 0.749. The van der Waals surface area contributed by atoms with Gasteiger partial charge >= 0.3 is 0 Å². The molecule has 0 aromatic carbocycles. The van der Waals surface area contributed by atoms with E-state index >= 15 is 0 Å². The van der Waals surface area contributed by atoms with E-state index in [0.29, 0.717) is 0 Å². The molecule has 54 valence electrons. The van der Waals surface area contributed by atoms with Gasteiger partial charge in [-0.1, -0.05) is 6.92 Å². The fraction of sp³-hybridized carbons (Fsp3) is 1.00. The predicted octanol–water partition coefficient (Wildman–Crippen LogP) is 0.333. The molecule has 9 heavy (non-hydrogen) atoms. The van der Waals surface area contributed by atoms with E-state index in [1.165, 1.54) is 12.8 Å². The van der Waals surface area contributed by atoms with E-state index in [2.05, 4.69) is 12.2 Å². The van der Waals surface area contributed by atoms with Crippen LogP contribution in [0.1, 0.15) is 19.8 Å². The van der Waals surface area contributed by atoms with E-state index in [1.54, 1.807) is 0 Å². The third-order valence-corrected chi connectivity index (χ3v) is 2.14. The molecule has 1 aliphatic heterocycles. The van der Waals surface area contributed by atoms with Gasteiger partial charge in [0.25, 0.3) is 0 Å². The van der Waals surface area contributed by atoms with Crippen molar-refractivity contribution >= 4 is 0 Å². The molecule has 0 aromatic heterocycles. The average Bonchev–Trinajstić information content (AvgIpc) is 2.34. The number of hydrogen-bond acceptors (Lipinski definition) is 2. The van der Waals surface area contributed by atoms with Crippen LogP contribution in [-0.4, -0.2) is 19.1 Å². The lowest BCUT2D eigenvalue weighted by molar-refractivity contribution is 0.550. The van der Waals surface area contributed by atoms with Gasteiger partial charge in [0.05, 0.1) is 0 Å². The standard InChI is InChI=1S/C7H16N2/c1-2-7-3-6(4-8)5-9-7/h6-7,9H,2-5,8H2,1H3/t6-,7-/m1/s1. The zero-order valence-corrected chi connectivity index (χ0v) is 6.06. The Morgan fingerprint density at radius 3 is 2.78 bits per heavy atom. The van der Waals surface area contributed by atoms with Crippen LogP contribution in [0.3, 0.4) is 0 Å². The molecule has 1 fully saturated rings. The molecular weight excluding hydrogens is 112 g/mol. The molecule has 3 N–H and O–H groups in total. The lowest BCUT2D eigenvalue weighted by Crippen LogP contribution is -2.20. The van der Waals surface area contributed by atoms with Crippen molar-refractivity contribution in [1.29, 1.82) is 0 Å². The van der Waals surface area contributed by atoms with Gasteiger partial charge in [0.15, 0.2) is 0 Å². The Morgan fingerprint density at radius 2 is 2.44 bits per heavy atom. The summed E-state index contributed by atoms with van der Waals surface area (Å²) in [7, 11) is 0. The minimum absolute atomic E-state index is 0.745. The third kappa shape index (κ3) is 1.66. The largest absolute Gasteiger partial charge is 0.330 e. The Balaban J connectivity index is 2.20. The lowest BCUT2D eigenvalue weighted by atomic mass is 10.1. The molecular formula is C7H16N2. The highest BCUT2D eigenvalue weighted by atomic mass is 14.9. The molecule has 0 amide bonds. The van der Waals surface area contributed by atoms with Gasteiger partial charge in [-0.05, 0) is 31.8 Å². The van der Waals surface area contributed by atoms with Crippen LogP contribution in [0.15, 0.2) is 0 Å². The highest BCUT2D eigenvalue weighted by Crippen LogP contribution is 2.13. The van der Waals surface area contributed by atoms with Crippen LogP contribution < -0.4 is 11.1 Å². The minimum Gasteiger partial charge on any atom is -0.330 e. The van der Waals surface area contributed by atoms with Crippen molar-refractivity contribution in [2.45, 2.75) is 25.8 Å². The van der Waals surface area contributed by atoms with Crippen molar-refractivity contribution in [3.05, 3.63) is 0 Å². The van der Waals surface area contributed by atoms with Crippen LogP contribution in [0.25, 0.3) is 0 Å². The number of nitrogens with one attached hydrogen (secondary N) is 1. The van der Waals surface area contributed by atoms with Gasteiger partial charge in [0, 0.05) is 6.04 Å². The van der Waals surface area contributed by atoms with E-state index in [-0.39, 0.29) is 0 Å². The first-order chi connectivity index (χ1) is 4.36. The molecule has 1 rings (SSSR count). The molecule has 0 saturated carbocycles. The Kier molecular flexibility index (Phi) is 2.49. The van der Waals surface area contributed by atoms with Crippen molar-refractivity contribution in [3.63, 3.8) is 0 Å². The second-order valence-electron chi connectivity index (χ2n) is 2.85. The second kappa shape index (κ2) is 3.18. The smallest absolute Gasteiger partial charge is 0.00681 e. The molecule has 0 radical (unpaired) electrons.